The highest BCUT2D eigenvalue weighted by molar-refractivity contribution is 5.94. The third-order valence-electron chi connectivity index (χ3n) is 6.22. The Morgan fingerprint density at radius 1 is 0.962 bits per heavy atom. The molecular formula is C23H28N2O. The van der Waals surface area contributed by atoms with E-state index in [9.17, 15) is 4.79 Å². The maximum Gasteiger partial charge on any atom is 0.253 e. The van der Waals surface area contributed by atoms with Crippen LogP contribution in [0.5, 0.6) is 0 Å². The van der Waals surface area contributed by atoms with Crippen LogP contribution >= 0.6 is 0 Å². The summed E-state index contributed by atoms with van der Waals surface area (Å²) in [6.07, 6.45) is 3.47. The first-order valence-corrected chi connectivity index (χ1v) is 9.73. The molecule has 2 saturated heterocycles. The van der Waals surface area contributed by atoms with E-state index in [1.54, 1.807) is 0 Å². The Balaban J connectivity index is 1.45. The second-order valence-electron chi connectivity index (χ2n) is 8.17. The van der Waals surface area contributed by atoms with Gasteiger partial charge in [-0.25, -0.2) is 0 Å². The minimum absolute atomic E-state index is 0.184. The Kier molecular flexibility index (Phi) is 4.82. The molecule has 1 spiro atoms. The SMILES string of the molecule is CN1C[C@@H](c2ccccc2)CC2(CCN(C(=O)c3ccccc3)CC2)C1. The van der Waals surface area contributed by atoms with Crippen LogP contribution in [0.4, 0.5) is 0 Å². The fraction of sp³-hybridized carbons (Fsp3) is 0.435. The molecule has 26 heavy (non-hydrogen) atoms. The molecule has 1 amide bonds. The molecule has 0 saturated carbocycles. The smallest absolute Gasteiger partial charge is 0.253 e. The molecule has 3 heteroatoms. The third-order valence-corrected chi connectivity index (χ3v) is 6.22. The van der Waals surface area contributed by atoms with Crippen LogP contribution < -0.4 is 0 Å². The summed E-state index contributed by atoms with van der Waals surface area (Å²) in [6.45, 7) is 4.05. The first-order valence-electron chi connectivity index (χ1n) is 9.73. The Hall–Kier alpha value is -2.13. The number of carbonyl (C=O) groups is 1. The second-order valence-corrected chi connectivity index (χ2v) is 8.17. The van der Waals surface area contributed by atoms with Crippen LogP contribution in [-0.4, -0.2) is 48.9 Å². The molecule has 4 rings (SSSR count). The molecule has 2 aliphatic rings. The zero-order chi connectivity index (χ0) is 18.0. The van der Waals surface area contributed by atoms with Gasteiger partial charge >= 0.3 is 0 Å². The normalized spacial score (nSPS) is 23.1. The van der Waals surface area contributed by atoms with Gasteiger partial charge in [-0.3, -0.25) is 4.79 Å². The number of amides is 1. The lowest BCUT2D eigenvalue weighted by atomic mass is 9.68. The summed E-state index contributed by atoms with van der Waals surface area (Å²) >= 11 is 0. The predicted octanol–water partition coefficient (Wildman–Crippen LogP) is 4.03. The molecule has 0 radical (unpaired) electrons. The Morgan fingerprint density at radius 3 is 2.23 bits per heavy atom. The molecular weight excluding hydrogens is 320 g/mol. The van der Waals surface area contributed by atoms with Gasteiger partial charge < -0.3 is 9.80 Å². The molecule has 2 fully saturated rings. The summed E-state index contributed by atoms with van der Waals surface area (Å²) in [5.74, 6) is 0.788. The van der Waals surface area contributed by atoms with Gasteiger partial charge in [0.25, 0.3) is 5.91 Å². The minimum atomic E-state index is 0.184. The van der Waals surface area contributed by atoms with Crippen molar-refractivity contribution in [2.24, 2.45) is 5.41 Å². The molecule has 0 unspecified atom stereocenters. The Bertz CT molecular complexity index is 735. The summed E-state index contributed by atoms with van der Waals surface area (Å²) in [5, 5.41) is 0. The van der Waals surface area contributed by atoms with E-state index in [2.05, 4.69) is 42.3 Å². The maximum atomic E-state index is 12.7. The van der Waals surface area contributed by atoms with E-state index in [4.69, 9.17) is 0 Å². The number of rotatable bonds is 2. The highest BCUT2D eigenvalue weighted by atomic mass is 16.2. The molecule has 2 heterocycles. The van der Waals surface area contributed by atoms with Crippen molar-refractivity contribution in [1.29, 1.82) is 0 Å². The number of carbonyl (C=O) groups excluding carboxylic acids is 1. The van der Waals surface area contributed by atoms with Gasteiger partial charge in [-0.05, 0) is 55.3 Å². The largest absolute Gasteiger partial charge is 0.339 e. The fourth-order valence-electron chi connectivity index (χ4n) is 4.92. The molecule has 0 aliphatic carbocycles. The quantitative estimate of drug-likeness (QED) is 0.818. The predicted molar refractivity (Wildman–Crippen MR) is 105 cm³/mol. The van der Waals surface area contributed by atoms with Crippen molar-refractivity contribution < 1.29 is 4.79 Å². The number of hydrogen-bond donors (Lipinski definition) is 0. The van der Waals surface area contributed by atoms with E-state index >= 15 is 0 Å². The number of nitrogens with zero attached hydrogens (tertiary/aromatic N) is 2. The van der Waals surface area contributed by atoms with Gasteiger partial charge in [-0.1, -0.05) is 48.5 Å². The van der Waals surface area contributed by atoms with Crippen LogP contribution in [0.15, 0.2) is 60.7 Å². The van der Waals surface area contributed by atoms with Crippen LogP contribution in [0, 0.1) is 5.41 Å². The van der Waals surface area contributed by atoms with Crippen LogP contribution in [0.3, 0.4) is 0 Å². The maximum absolute atomic E-state index is 12.7. The number of piperidine rings is 2. The third kappa shape index (κ3) is 3.54. The standard InChI is InChI=1S/C23H28N2O/c1-24-17-21(19-8-4-2-5-9-19)16-23(18-24)12-14-25(15-13-23)22(26)20-10-6-3-7-11-20/h2-11,21H,12-18H2,1H3/t21-/m0/s1. The fourth-order valence-corrected chi connectivity index (χ4v) is 4.92. The van der Waals surface area contributed by atoms with Gasteiger partial charge in [-0.15, -0.1) is 0 Å². The zero-order valence-corrected chi connectivity index (χ0v) is 15.6. The van der Waals surface area contributed by atoms with Crippen LogP contribution in [0.25, 0.3) is 0 Å². The monoisotopic (exact) mass is 348 g/mol. The van der Waals surface area contributed by atoms with Crippen molar-refractivity contribution >= 4 is 5.91 Å². The van der Waals surface area contributed by atoms with Gasteiger partial charge in [0, 0.05) is 31.7 Å². The molecule has 2 aliphatic heterocycles. The van der Waals surface area contributed by atoms with Crippen molar-refractivity contribution in [3.8, 4) is 0 Å². The lowest BCUT2D eigenvalue weighted by Gasteiger charge is -2.49. The van der Waals surface area contributed by atoms with E-state index in [1.807, 2.05) is 35.2 Å². The number of likely N-dealkylation sites (N-methyl/N-ethyl adjacent to an activating group) is 1. The molecule has 2 aromatic carbocycles. The van der Waals surface area contributed by atoms with Crippen LogP contribution in [-0.2, 0) is 0 Å². The highest BCUT2D eigenvalue weighted by Crippen LogP contribution is 2.44. The molecule has 2 aromatic rings. The number of likely N-dealkylation sites (tertiary alicyclic amines) is 2. The van der Waals surface area contributed by atoms with Crippen molar-refractivity contribution in [3.05, 3.63) is 71.8 Å². The van der Waals surface area contributed by atoms with E-state index in [0.29, 0.717) is 11.3 Å². The van der Waals surface area contributed by atoms with Crippen molar-refractivity contribution in [1.82, 2.24) is 9.80 Å². The molecule has 3 nitrogen and oxygen atoms in total. The van der Waals surface area contributed by atoms with Gasteiger partial charge in [-0.2, -0.15) is 0 Å². The molecule has 0 N–H and O–H groups in total. The van der Waals surface area contributed by atoms with Gasteiger partial charge in [0.1, 0.15) is 0 Å². The molecule has 1 atom stereocenters. The van der Waals surface area contributed by atoms with Crippen LogP contribution in [0.2, 0.25) is 0 Å². The summed E-state index contributed by atoms with van der Waals surface area (Å²) in [4.78, 5) is 17.3. The zero-order valence-electron chi connectivity index (χ0n) is 15.6. The van der Waals surface area contributed by atoms with E-state index in [-0.39, 0.29) is 5.91 Å². The minimum Gasteiger partial charge on any atom is -0.339 e. The summed E-state index contributed by atoms with van der Waals surface area (Å²) in [5.41, 5.74) is 2.62. The first kappa shape index (κ1) is 17.3. The lowest BCUT2D eigenvalue weighted by Crippen LogP contribution is -2.51. The average molecular weight is 348 g/mol. The second kappa shape index (κ2) is 7.24. The van der Waals surface area contributed by atoms with Crippen molar-refractivity contribution in [2.45, 2.75) is 25.2 Å². The van der Waals surface area contributed by atoms with Gasteiger partial charge in [0.05, 0.1) is 0 Å². The van der Waals surface area contributed by atoms with E-state index < -0.39 is 0 Å². The topological polar surface area (TPSA) is 23.6 Å². The molecule has 136 valence electrons. The van der Waals surface area contributed by atoms with Crippen molar-refractivity contribution in [3.63, 3.8) is 0 Å². The van der Waals surface area contributed by atoms with Gasteiger partial charge in [0.2, 0.25) is 0 Å². The van der Waals surface area contributed by atoms with Crippen molar-refractivity contribution in [2.75, 3.05) is 33.2 Å². The number of hydrogen-bond acceptors (Lipinski definition) is 2. The van der Waals surface area contributed by atoms with Gasteiger partial charge in [0.15, 0.2) is 0 Å². The lowest BCUT2D eigenvalue weighted by molar-refractivity contribution is 0.0224. The molecule has 0 aromatic heterocycles. The first-order chi connectivity index (χ1) is 12.7. The molecule has 0 bridgehead atoms. The summed E-state index contributed by atoms with van der Waals surface area (Å²) < 4.78 is 0. The summed E-state index contributed by atoms with van der Waals surface area (Å²) in [6, 6.07) is 20.6. The van der Waals surface area contributed by atoms with E-state index in [0.717, 1.165) is 44.6 Å². The Morgan fingerprint density at radius 2 is 1.58 bits per heavy atom. The summed E-state index contributed by atoms with van der Waals surface area (Å²) in [7, 11) is 2.25. The van der Waals surface area contributed by atoms with Crippen LogP contribution in [0.1, 0.15) is 41.1 Å². The number of benzene rings is 2. The Labute approximate surface area is 156 Å². The average Bonchev–Trinajstić information content (AvgIpc) is 2.69. The highest BCUT2D eigenvalue weighted by Gasteiger charge is 2.42. The van der Waals surface area contributed by atoms with E-state index in [1.165, 1.54) is 12.0 Å².